The summed E-state index contributed by atoms with van der Waals surface area (Å²) in [5.41, 5.74) is 0. The molecule has 0 aromatic carbocycles. The van der Waals surface area contributed by atoms with Crippen LogP contribution in [0, 0.1) is 5.92 Å². The van der Waals surface area contributed by atoms with E-state index in [4.69, 9.17) is 0 Å². The van der Waals surface area contributed by atoms with Crippen molar-refractivity contribution in [1.82, 2.24) is 0 Å². The third-order valence-corrected chi connectivity index (χ3v) is 0.407. The molecule has 0 rings (SSSR count). The average molecular weight is 168 g/mol. The maximum atomic E-state index is 9.40. The molecule has 0 saturated carbocycles. The van der Waals surface area contributed by atoms with Crippen molar-refractivity contribution in [1.29, 1.82) is 0 Å². The molecule has 10 heavy (non-hydrogen) atoms. The van der Waals surface area contributed by atoms with Crippen LogP contribution >= 0.6 is 0 Å². The van der Waals surface area contributed by atoms with E-state index in [0.29, 0.717) is 6.42 Å². The van der Waals surface area contributed by atoms with Crippen LogP contribution in [-0.4, -0.2) is 6.29 Å². The Bertz CT molecular complexity index is 50.5. The van der Waals surface area contributed by atoms with E-state index >= 15 is 0 Å². The van der Waals surface area contributed by atoms with E-state index in [-0.39, 0.29) is 51.4 Å². The first kappa shape index (κ1) is 17.4. The molecule has 1 nitrogen and oxygen atoms in total. The van der Waals surface area contributed by atoms with E-state index in [1.165, 1.54) is 5.92 Å². The molecule has 0 aromatic rings. The van der Waals surface area contributed by atoms with Gasteiger partial charge in [0.25, 0.3) is 0 Å². The molecule has 0 saturated heterocycles. The molecule has 0 unspecified atom stereocenters. The minimum atomic E-state index is 0. The molecule has 0 heterocycles. The van der Waals surface area contributed by atoms with Gasteiger partial charge in [-0.15, -0.1) is 0 Å². The Labute approximate surface area is 107 Å². The Morgan fingerprint density at radius 3 is 1.60 bits per heavy atom. The van der Waals surface area contributed by atoms with E-state index in [1.54, 1.807) is 0 Å². The van der Waals surface area contributed by atoms with Gasteiger partial charge in [-0.3, -0.25) is 0 Å². The van der Waals surface area contributed by atoms with Gasteiger partial charge in [-0.1, -0.05) is 6.92 Å². The van der Waals surface area contributed by atoms with Crippen LogP contribution in [0.5, 0.6) is 0 Å². The zero-order chi connectivity index (χ0) is 7.70. The van der Waals surface area contributed by atoms with E-state index in [0.717, 1.165) is 12.7 Å². The van der Waals surface area contributed by atoms with E-state index < -0.39 is 0 Å². The Hall–Kier alpha value is 1.31. The van der Waals surface area contributed by atoms with Gasteiger partial charge in [-0.05, 0) is 6.42 Å². The minimum absolute atomic E-state index is 0. The Balaban J connectivity index is -0.0000000910. The predicted octanol–water partition coefficient (Wildman–Crippen LogP) is -0.390. The minimum Gasteiger partial charge on any atom is -0.323 e. The third-order valence-electron chi connectivity index (χ3n) is 0.407. The van der Waals surface area contributed by atoms with Gasteiger partial charge in [0.1, 0.15) is 6.29 Å². The van der Waals surface area contributed by atoms with Crippen LogP contribution in [0.3, 0.4) is 0 Å². The quantitative estimate of drug-likeness (QED) is 0.312. The number of hydrogen-bond donors (Lipinski definition) is 0. The summed E-state index contributed by atoms with van der Waals surface area (Å²) in [6.45, 7) is 8.23. The van der Waals surface area contributed by atoms with Crippen molar-refractivity contribution in [2.45, 2.75) is 40.5 Å². The van der Waals surface area contributed by atoms with E-state index in [9.17, 15) is 4.79 Å². The van der Waals surface area contributed by atoms with Crippen LogP contribution in [-0.2, 0) is 4.79 Å². The monoisotopic (exact) mass is 168 g/mol. The molecular formula is C8H17KO. The first-order valence-corrected chi connectivity index (χ1v) is 3.35. The van der Waals surface area contributed by atoms with Gasteiger partial charge in [0.2, 0.25) is 0 Å². The SMILES string of the molecule is CCCC=O.C[C-](C)C.[K+]. The molecule has 0 radical (unpaired) electrons. The van der Waals surface area contributed by atoms with Gasteiger partial charge in [0.05, 0.1) is 0 Å². The van der Waals surface area contributed by atoms with Gasteiger partial charge in [-0.25, -0.2) is 0 Å². The van der Waals surface area contributed by atoms with Crippen LogP contribution in [0.2, 0.25) is 0 Å². The van der Waals surface area contributed by atoms with Crippen molar-refractivity contribution in [2.75, 3.05) is 0 Å². The summed E-state index contributed by atoms with van der Waals surface area (Å²) in [6, 6.07) is 0. The first-order valence-electron chi connectivity index (χ1n) is 3.35. The van der Waals surface area contributed by atoms with E-state index in [1.807, 2.05) is 6.92 Å². The van der Waals surface area contributed by atoms with Gasteiger partial charge < -0.3 is 10.7 Å². The molecule has 0 N–H and O–H groups in total. The number of aldehydes is 1. The molecule has 56 valence electrons. The number of rotatable bonds is 2. The fourth-order valence-electron chi connectivity index (χ4n) is 0.118. The Morgan fingerprint density at radius 2 is 1.60 bits per heavy atom. The third kappa shape index (κ3) is 58.7. The van der Waals surface area contributed by atoms with Crippen molar-refractivity contribution < 1.29 is 56.2 Å². The maximum absolute atomic E-state index is 9.40. The van der Waals surface area contributed by atoms with Crippen LogP contribution < -0.4 is 51.4 Å². The van der Waals surface area contributed by atoms with Gasteiger partial charge >= 0.3 is 51.4 Å². The molecule has 2 heteroatoms. The van der Waals surface area contributed by atoms with Gasteiger partial charge in [0, 0.05) is 6.42 Å². The van der Waals surface area contributed by atoms with Gasteiger partial charge in [0.15, 0.2) is 0 Å². The molecule has 0 aromatic heterocycles. The zero-order valence-electron chi connectivity index (χ0n) is 7.90. The number of hydrogen-bond acceptors (Lipinski definition) is 1. The standard InChI is InChI=1S/C4H8O.C4H9.K/c1-2-3-4-5;1-4(2)3;/h4H,2-3H2,1H3;1-3H3;/q;-1;+1. The summed E-state index contributed by atoms with van der Waals surface area (Å²) in [5, 5.41) is 0. The first-order chi connectivity index (χ1) is 4.15. The summed E-state index contributed by atoms with van der Waals surface area (Å²) in [6.07, 6.45) is 2.61. The molecule has 0 amide bonds. The van der Waals surface area contributed by atoms with Crippen molar-refractivity contribution in [3.8, 4) is 0 Å². The zero-order valence-corrected chi connectivity index (χ0v) is 11.0. The summed E-state index contributed by atoms with van der Waals surface area (Å²) >= 11 is 0. The predicted molar refractivity (Wildman–Crippen MR) is 41.2 cm³/mol. The molecule has 0 aliphatic rings. The van der Waals surface area contributed by atoms with Gasteiger partial charge in [-0.2, -0.15) is 20.8 Å². The molecule has 0 aliphatic carbocycles. The summed E-state index contributed by atoms with van der Waals surface area (Å²) in [7, 11) is 0. The van der Waals surface area contributed by atoms with Crippen LogP contribution in [0.4, 0.5) is 0 Å². The van der Waals surface area contributed by atoms with Crippen molar-refractivity contribution in [3.63, 3.8) is 0 Å². The number of carbonyl (C=O) groups is 1. The smallest absolute Gasteiger partial charge is 0.323 e. The topological polar surface area (TPSA) is 17.1 Å². The second-order valence-electron chi connectivity index (χ2n) is 2.46. The van der Waals surface area contributed by atoms with Crippen LogP contribution in [0.25, 0.3) is 0 Å². The van der Waals surface area contributed by atoms with Crippen molar-refractivity contribution >= 4 is 6.29 Å². The fourth-order valence-corrected chi connectivity index (χ4v) is 0.118. The van der Waals surface area contributed by atoms with Crippen molar-refractivity contribution in [2.24, 2.45) is 0 Å². The molecular weight excluding hydrogens is 151 g/mol. The molecule has 0 bridgehead atoms. The Kier molecular flexibility index (Phi) is 29.1. The Morgan fingerprint density at radius 1 is 1.30 bits per heavy atom. The van der Waals surface area contributed by atoms with E-state index in [2.05, 4.69) is 20.8 Å². The fraction of sp³-hybridized carbons (Fsp3) is 0.750. The normalized spacial score (nSPS) is 7.30. The second kappa shape index (κ2) is 16.7. The van der Waals surface area contributed by atoms with Crippen LogP contribution in [0.1, 0.15) is 40.5 Å². The summed E-state index contributed by atoms with van der Waals surface area (Å²) in [5.74, 6) is 1.42. The number of unbranched alkanes of at least 4 members (excludes halogenated alkanes) is 1. The number of carbonyl (C=O) groups excluding carboxylic acids is 1. The van der Waals surface area contributed by atoms with Crippen LogP contribution in [0.15, 0.2) is 0 Å². The average Bonchev–Trinajstić information content (AvgIpc) is 1.66. The molecule has 0 spiro atoms. The van der Waals surface area contributed by atoms with Crippen molar-refractivity contribution in [3.05, 3.63) is 5.92 Å². The molecule has 0 fully saturated rings. The second-order valence-corrected chi connectivity index (χ2v) is 2.46. The maximum Gasteiger partial charge on any atom is 1.00 e. The summed E-state index contributed by atoms with van der Waals surface area (Å²) in [4.78, 5) is 9.40. The summed E-state index contributed by atoms with van der Waals surface area (Å²) < 4.78 is 0. The molecule has 0 atom stereocenters. The molecule has 0 aliphatic heterocycles. The largest absolute Gasteiger partial charge is 1.00 e.